The average molecular weight is 245 g/mol. The Morgan fingerprint density at radius 2 is 2.06 bits per heavy atom. The van der Waals surface area contributed by atoms with E-state index in [0.29, 0.717) is 25.3 Å². The number of carboxylic acids is 1. The van der Waals surface area contributed by atoms with Crippen LogP contribution < -0.4 is 5.32 Å². The van der Waals surface area contributed by atoms with Gasteiger partial charge in [0.25, 0.3) is 0 Å². The Labute approximate surface area is 105 Å². The van der Waals surface area contributed by atoms with Crippen molar-refractivity contribution in [2.75, 3.05) is 6.54 Å². The predicted molar refractivity (Wildman–Crippen MR) is 65.2 cm³/mol. The number of rotatable bonds is 4. The summed E-state index contributed by atoms with van der Waals surface area (Å²) in [5, 5.41) is 11.8. The first-order chi connectivity index (χ1) is 8.63. The number of amides is 1. The van der Waals surface area contributed by atoms with Gasteiger partial charge in [0, 0.05) is 12.5 Å². The van der Waals surface area contributed by atoms with Crippen molar-refractivity contribution < 1.29 is 14.7 Å². The van der Waals surface area contributed by atoms with Gasteiger partial charge < -0.3 is 10.4 Å². The maximum absolute atomic E-state index is 11.8. The highest BCUT2D eigenvalue weighted by molar-refractivity contribution is 6.04. The second-order valence-corrected chi connectivity index (χ2v) is 5.20. The molecule has 0 heterocycles. The molecule has 1 aromatic carbocycles. The summed E-state index contributed by atoms with van der Waals surface area (Å²) in [5.74, 6) is -0.969. The van der Waals surface area contributed by atoms with Crippen LogP contribution in [-0.2, 0) is 16.0 Å². The monoisotopic (exact) mass is 245 g/mol. The fraction of sp³-hybridized carbons (Fsp3) is 0.429. The summed E-state index contributed by atoms with van der Waals surface area (Å²) in [4.78, 5) is 22.8. The standard InChI is InChI=1S/C14H15NO3/c16-12(14(5-6-14)13(17)18)15-8-10-7-9-3-1-2-4-11(9)10/h1-4,10H,5-8H2,(H,15,16)(H,17,18)/t10-/m1/s1. The van der Waals surface area contributed by atoms with Crippen LogP contribution in [0.2, 0.25) is 0 Å². The van der Waals surface area contributed by atoms with Gasteiger partial charge in [-0.15, -0.1) is 0 Å². The van der Waals surface area contributed by atoms with Crippen LogP contribution in [0.5, 0.6) is 0 Å². The molecule has 0 spiro atoms. The Kier molecular flexibility index (Phi) is 2.40. The van der Waals surface area contributed by atoms with Gasteiger partial charge in [-0.25, -0.2) is 0 Å². The summed E-state index contributed by atoms with van der Waals surface area (Å²) >= 11 is 0. The van der Waals surface area contributed by atoms with E-state index in [2.05, 4.69) is 17.4 Å². The van der Waals surface area contributed by atoms with E-state index in [4.69, 9.17) is 5.11 Å². The molecule has 0 radical (unpaired) electrons. The summed E-state index contributed by atoms with van der Waals surface area (Å²) < 4.78 is 0. The number of hydrogen-bond donors (Lipinski definition) is 2. The van der Waals surface area contributed by atoms with Gasteiger partial charge in [-0.05, 0) is 30.4 Å². The minimum atomic E-state index is -1.12. The van der Waals surface area contributed by atoms with Gasteiger partial charge >= 0.3 is 5.97 Å². The van der Waals surface area contributed by atoms with Gasteiger partial charge in [-0.3, -0.25) is 9.59 Å². The zero-order valence-electron chi connectivity index (χ0n) is 9.98. The zero-order chi connectivity index (χ0) is 12.8. The SMILES string of the molecule is O=C(O)C1(C(=O)NC[C@H]2Cc3ccccc32)CC1. The highest BCUT2D eigenvalue weighted by Crippen LogP contribution is 2.46. The summed E-state index contributed by atoms with van der Waals surface area (Å²) in [7, 11) is 0. The third-order valence-corrected chi connectivity index (χ3v) is 4.06. The van der Waals surface area contributed by atoms with Crippen LogP contribution in [0.25, 0.3) is 0 Å². The smallest absolute Gasteiger partial charge is 0.319 e. The fourth-order valence-electron chi connectivity index (χ4n) is 2.59. The minimum absolute atomic E-state index is 0.320. The van der Waals surface area contributed by atoms with Crippen LogP contribution in [-0.4, -0.2) is 23.5 Å². The van der Waals surface area contributed by atoms with E-state index in [0.717, 1.165) is 6.42 Å². The summed E-state index contributed by atoms with van der Waals surface area (Å²) in [6, 6.07) is 8.16. The van der Waals surface area contributed by atoms with Crippen molar-refractivity contribution in [2.45, 2.75) is 25.2 Å². The first kappa shape index (κ1) is 11.3. The van der Waals surface area contributed by atoms with Gasteiger partial charge in [0.05, 0.1) is 0 Å². The number of nitrogens with one attached hydrogen (secondary N) is 1. The van der Waals surface area contributed by atoms with E-state index >= 15 is 0 Å². The summed E-state index contributed by atoms with van der Waals surface area (Å²) in [5.41, 5.74) is 1.48. The highest BCUT2D eigenvalue weighted by Gasteiger charge is 2.57. The van der Waals surface area contributed by atoms with Crippen molar-refractivity contribution >= 4 is 11.9 Å². The molecule has 1 saturated carbocycles. The van der Waals surface area contributed by atoms with Gasteiger partial charge in [0.15, 0.2) is 0 Å². The van der Waals surface area contributed by atoms with Crippen molar-refractivity contribution in [3.8, 4) is 0 Å². The van der Waals surface area contributed by atoms with E-state index in [-0.39, 0.29) is 5.91 Å². The molecule has 4 nitrogen and oxygen atoms in total. The Morgan fingerprint density at radius 3 is 2.67 bits per heavy atom. The van der Waals surface area contributed by atoms with Crippen LogP contribution in [0.4, 0.5) is 0 Å². The molecule has 1 amide bonds. The molecule has 1 aromatic rings. The van der Waals surface area contributed by atoms with Gasteiger partial charge in [-0.2, -0.15) is 0 Å². The Hall–Kier alpha value is -1.84. The molecule has 0 saturated heterocycles. The molecular formula is C14H15NO3. The van der Waals surface area contributed by atoms with Gasteiger partial charge in [-0.1, -0.05) is 24.3 Å². The normalized spacial score (nSPS) is 22.6. The van der Waals surface area contributed by atoms with Crippen molar-refractivity contribution in [3.63, 3.8) is 0 Å². The lowest BCUT2D eigenvalue weighted by molar-refractivity contribution is -0.149. The number of hydrogen-bond acceptors (Lipinski definition) is 2. The number of fused-ring (bicyclic) bond motifs is 1. The molecule has 94 valence electrons. The van der Waals surface area contributed by atoms with Crippen molar-refractivity contribution in [2.24, 2.45) is 5.41 Å². The van der Waals surface area contributed by atoms with Crippen LogP contribution >= 0.6 is 0 Å². The molecular weight excluding hydrogens is 230 g/mol. The number of benzene rings is 1. The molecule has 1 atom stereocenters. The fourth-order valence-corrected chi connectivity index (χ4v) is 2.59. The zero-order valence-corrected chi connectivity index (χ0v) is 9.98. The molecule has 3 rings (SSSR count). The number of carboxylic acid groups (broad SMARTS) is 1. The molecule has 0 unspecified atom stereocenters. The first-order valence-corrected chi connectivity index (χ1v) is 6.23. The van der Waals surface area contributed by atoms with E-state index in [1.807, 2.05) is 12.1 Å². The quantitative estimate of drug-likeness (QED) is 0.786. The molecule has 4 heteroatoms. The lowest BCUT2D eigenvalue weighted by Crippen LogP contribution is -2.40. The van der Waals surface area contributed by atoms with Crippen LogP contribution in [0.1, 0.15) is 29.9 Å². The molecule has 2 N–H and O–H groups in total. The maximum atomic E-state index is 11.8. The molecule has 2 aliphatic rings. The predicted octanol–water partition coefficient (Wildman–Crippen LogP) is 1.31. The average Bonchev–Trinajstić information content (AvgIpc) is 3.11. The molecule has 2 aliphatic carbocycles. The number of carbonyl (C=O) groups is 2. The second-order valence-electron chi connectivity index (χ2n) is 5.20. The molecule has 0 aromatic heterocycles. The molecule has 1 fully saturated rings. The van der Waals surface area contributed by atoms with Gasteiger partial charge in [0.1, 0.15) is 5.41 Å². The highest BCUT2D eigenvalue weighted by atomic mass is 16.4. The van der Waals surface area contributed by atoms with Crippen LogP contribution in [0.3, 0.4) is 0 Å². The number of aliphatic carboxylic acids is 1. The van der Waals surface area contributed by atoms with Crippen molar-refractivity contribution in [1.29, 1.82) is 0 Å². The van der Waals surface area contributed by atoms with E-state index < -0.39 is 11.4 Å². The van der Waals surface area contributed by atoms with Crippen molar-refractivity contribution in [1.82, 2.24) is 5.32 Å². The summed E-state index contributed by atoms with van der Waals surface area (Å²) in [6.07, 6.45) is 1.90. The summed E-state index contributed by atoms with van der Waals surface area (Å²) in [6.45, 7) is 0.547. The Bertz CT molecular complexity index is 520. The topological polar surface area (TPSA) is 66.4 Å². The minimum Gasteiger partial charge on any atom is -0.480 e. The third kappa shape index (κ3) is 1.60. The molecule has 0 bridgehead atoms. The van der Waals surface area contributed by atoms with Crippen LogP contribution in [0.15, 0.2) is 24.3 Å². The lowest BCUT2D eigenvalue weighted by atomic mass is 9.77. The second kappa shape index (κ2) is 3.83. The Balaban J connectivity index is 1.58. The van der Waals surface area contributed by atoms with E-state index in [1.165, 1.54) is 11.1 Å². The van der Waals surface area contributed by atoms with Crippen LogP contribution in [0, 0.1) is 5.41 Å². The van der Waals surface area contributed by atoms with Crippen molar-refractivity contribution in [3.05, 3.63) is 35.4 Å². The Morgan fingerprint density at radius 1 is 1.33 bits per heavy atom. The van der Waals surface area contributed by atoms with E-state index in [9.17, 15) is 9.59 Å². The largest absolute Gasteiger partial charge is 0.480 e. The number of carbonyl (C=O) groups excluding carboxylic acids is 1. The molecule has 0 aliphatic heterocycles. The van der Waals surface area contributed by atoms with Gasteiger partial charge in [0.2, 0.25) is 5.91 Å². The third-order valence-electron chi connectivity index (χ3n) is 4.06. The molecule has 18 heavy (non-hydrogen) atoms. The first-order valence-electron chi connectivity index (χ1n) is 6.23. The lowest BCUT2D eigenvalue weighted by Gasteiger charge is -2.30. The maximum Gasteiger partial charge on any atom is 0.319 e. The van der Waals surface area contributed by atoms with E-state index in [1.54, 1.807) is 0 Å².